The van der Waals surface area contributed by atoms with Crippen molar-refractivity contribution in [3.63, 3.8) is 0 Å². The molecule has 4 nitrogen and oxygen atoms in total. The Kier molecular flexibility index (Phi) is 9.98. The van der Waals surface area contributed by atoms with Crippen LogP contribution in [0.1, 0.15) is 47.5 Å². The SMILES string of the molecule is CCCNC(CN(CC)C(C)CC)C(=O)OCC. The molecule has 0 radical (unpaired) electrons. The number of rotatable bonds is 10. The smallest absolute Gasteiger partial charge is 0.324 e. The fourth-order valence-electron chi connectivity index (χ4n) is 1.90. The molecule has 0 bridgehead atoms. The van der Waals surface area contributed by atoms with Crippen molar-refractivity contribution in [1.29, 1.82) is 0 Å². The number of hydrogen-bond acceptors (Lipinski definition) is 4. The van der Waals surface area contributed by atoms with Crippen LogP contribution in [-0.4, -0.2) is 49.2 Å². The van der Waals surface area contributed by atoms with Gasteiger partial charge >= 0.3 is 5.97 Å². The van der Waals surface area contributed by atoms with Crippen LogP contribution in [0.15, 0.2) is 0 Å². The highest BCUT2D eigenvalue weighted by atomic mass is 16.5. The molecule has 0 spiro atoms. The first-order valence-electron chi connectivity index (χ1n) is 7.24. The molecular formula is C14H30N2O2. The summed E-state index contributed by atoms with van der Waals surface area (Å²) in [7, 11) is 0. The van der Waals surface area contributed by atoms with Crippen molar-refractivity contribution in [2.75, 3.05) is 26.2 Å². The van der Waals surface area contributed by atoms with E-state index in [1.165, 1.54) is 0 Å². The molecule has 2 atom stereocenters. The van der Waals surface area contributed by atoms with Gasteiger partial charge in [-0.25, -0.2) is 0 Å². The first kappa shape index (κ1) is 17.4. The molecule has 0 heterocycles. The Balaban J connectivity index is 4.48. The largest absolute Gasteiger partial charge is 0.465 e. The van der Waals surface area contributed by atoms with E-state index in [4.69, 9.17) is 4.74 Å². The van der Waals surface area contributed by atoms with Gasteiger partial charge in [-0.2, -0.15) is 0 Å². The molecule has 0 aliphatic carbocycles. The van der Waals surface area contributed by atoms with E-state index in [9.17, 15) is 4.79 Å². The van der Waals surface area contributed by atoms with Crippen molar-refractivity contribution < 1.29 is 9.53 Å². The maximum atomic E-state index is 11.9. The van der Waals surface area contributed by atoms with Gasteiger partial charge in [-0.15, -0.1) is 0 Å². The molecule has 1 N–H and O–H groups in total. The van der Waals surface area contributed by atoms with Gasteiger partial charge in [-0.05, 0) is 39.8 Å². The van der Waals surface area contributed by atoms with Crippen LogP contribution >= 0.6 is 0 Å². The summed E-state index contributed by atoms with van der Waals surface area (Å²) in [5, 5.41) is 3.28. The molecule has 0 aromatic heterocycles. The van der Waals surface area contributed by atoms with Gasteiger partial charge in [0.1, 0.15) is 6.04 Å². The minimum atomic E-state index is -0.209. The van der Waals surface area contributed by atoms with Gasteiger partial charge in [-0.1, -0.05) is 20.8 Å². The Labute approximate surface area is 112 Å². The Bertz CT molecular complexity index is 222. The molecule has 0 rings (SSSR count). The van der Waals surface area contributed by atoms with E-state index >= 15 is 0 Å². The van der Waals surface area contributed by atoms with Gasteiger partial charge in [0.25, 0.3) is 0 Å². The molecular weight excluding hydrogens is 228 g/mol. The topological polar surface area (TPSA) is 41.6 Å². The minimum Gasteiger partial charge on any atom is -0.465 e. The van der Waals surface area contributed by atoms with E-state index in [2.05, 4.69) is 37.9 Å². The summed E-state index contributed by atoms with van der Waals surface area (Å²) < 4.78 is 5.13. The van der Waals surface area contributed by atoms with Gasteiger partial charge in [0.15, 0.2) is 0 Å². The lowest BCUT2D eigenvalue weighted by atomic mass is 10.1. The fraction of sp³-hybridized carbons (Fsp3) is 0.929. The number of likely N-dealkylation sites (N-methyl/N-ethyl adjacent to an activating group) is 1. The zero-order valence-electron chi connectivity index (χ0n) is 12.7. The van der Waals surface area contributed by atoms with E-state index in [1.807, 2.05) is 6.92 Å². The number of nitrogens with one attached hydrogen (secondary N) is 1. The Hall–Kier alpha value is -0.610. The average Bonchev–Trinajstić information content (AvgIpc) is 2.38. The molecule has 0 saturated carbocycles. The molecule has 0 aromatic rings. The third-order valence-corrected chi connectivity index (χ3v) is 3.25. The van der Waals surface area contributed by atoms with E-state index in [0.717, 1.165) is 32.5 Å². The first-order chi connectivity index (χ1) is 8.60. The van der Waals surface area contributed by atoms with E-state index < -0.39 is 0 Å². The second-order valence-corrected chi connectivity index (χ2v) is 4.60. The van der Waals surface area contributed by atoms with E-state index in [0.29, 0.717) is 12.6 Å². The van der Waals surface area contributed by atoms with Crippen LogP contribution in [-0.2, 0) is 9.53 Å². The molecule has 4 heteroatoms. The average molecular weight is 258 g/mol. The van der Waals surface area contributed by atoms with Crippen molar-refractivity contribution in [3.8, 4) is 0 Å². The van der Waals surface area contributed by atoms with Gasteiger partial charge in [0, 0.05) is 12.6 Å². The third-order valence-electron chi connectivity index (χ3n) is 3.25. The quantitative estimate of drug-likeness (QED) is 0.609. The molecule has 0 fully saturated rings. The highest BCUT2D eigenvalue weighted by Crippen LogP contribution is 2.05. The number of nitrogens with zero attached hydrogens (tertiary/aromatic N) is 1. The second-order valence-electron chi connectivity index (χ2n) is 4.60. The summed E-state index contributed by atoms with van der Waals surface area (Å²) in [6.45, 7) is 13.4. The first-order valence-corrected chi connectivity index (χ1v) is 7.24. The lowest BCUT2D eigenvalue weighted by Crippen LogP contribution is -2.49. The van der Waals surface area contributed by atoms with Crippen molar-refractivity contribution in [1.82, 2.24) is 10.2 Å². The van der Waals surface area contributed by atoms with Crippen LogP contribution in [0.3, 0.4) is 0 Å². The molecule has 2 unspecified atom stereocenters. The number of esters is 1. The minimum absolute atomic E-state index is 0.132. The van der Waals surface area contributed by atoms with Crippen LogP contribution in [0.5, 0.6) is 0 Å². The molecule has 0 saturated heterocycles. The van der Waals surface area contributed by atoms with Crippen LogP contribution in [0, 0.1) is 0 Å². The third kappa shape index (κ3) is 6.36. The summed E-state index contributed by atoms with van der Waals surface area (Å²) in [5.74, 6) is -0.132. The van der Waals surface area contributed by atoms with Gasteiger partial charge in [0.2, 0.25) is 0 Å². The van der Waals surface area contributed by atoms with Crippen molar-refractivity contribution in [3.05, 3.63) is 0 Å². The number of ether oxygens (including phenoxy) is 1. The predicted molar refractivity (Wildman–Crippen MR) is 75.7 cm³/mol. The van der Waals surface area contributed by atoms with Gasteiger partial charge in [-0.3, -0.25) is 9.69 Å². The summed E-state index contributed by atoms with van der Waals surface area (Å²) in [6, 6.07) is 0.286. The van der Waals surface area contributed by atoms with Crippen LogP contribution in [0.25, 0.3) is 0 Å². The lowest BCUT2D eigenvalue weighted by molar-refractivity contribution is -0.146. The lowest BCUT2D eigenvalue weighted by Gasteiger charge is -2.30. The normalized spacial score (nSPS) is 14.6. The molecule has 0 amide bonds. The maximum Gasteiger partial charge on any atom is 0.324 e. The Morgan fingerprint density at radius 3 is 2.39 bits per heavy atom. The molecule has 0 aliphatic heterocycles. The zero-order valence-corrected chi connectivity index (χ0v) is 12.7. The monoisotopic (exact) mass is 258 g/mol. The number of carbonyl (C=O) groups is 1. The summed E-state index contributed by atoms with van der Waals surface area (Å²) in [5.41, 5.74) is 0. The van der Waals surface area contributed by atoms with Crippen LogP contribution < -0.4 is 5.32 Å². The summed E-state index contributed by atoms with van der Waals surface area (Å²) in [4.78, 5) is 14.2. The second kappa shape index (κ2) is 10.3. The van der Waals surface area contributed by atoms with Gasteiger partial charge in [0.05, 0.1) is 6.61 Å². The highest BCUT2D eigenvalue weighted by molar-refractivity contribution is 5.76. The number of carbonyl (C=O) groups excluding carboxylic acids is 1. The van der Waals surface area contributed by atoms with Crippen molar-refractivity contribution in [2.45, 2.75) is 59.5 Å². The molecule has 0 aliphatic rings. The predicted octanol–water partition coefficient (Wildman–Crippen LogP) is 2.04. The Morgan fingerprint density at radius 1 is 1.28 bits per heavy atom. The van der Waals surface area contributed by atoms with E-state index in [-0.39, 0.29) is 12.0 Å². The maximum absolute atomic E-state index is 11.9. The van der Waals surface area contributed by atoms with Crippen LogP contribution in [0.2, 0.25) is 0 Å². The molecule has 108 valence electrons. The summed E-state index contributed by atoms with van der Waals surface area (Å²) in [6.07, 6.45) is 2.11. The molecule has 0 aromatic carbocycles. The zero-order chi connectivity index (χ0) is 14.0. The molecule has 18 heavy (non-hydrogen) atoms. The van der Waals surface area contributed by atoms with Gasteiger partial charge < -0.3 is 10.1 Å². The van der Waals surface area contributed by atoms with E-state index in [1.54, 1.807) is 0 Å². The van der Waals surface area contributed by atoms with Crippen molar-refractivity contribution in [2.24, 2.45) is 0 Å². The summed E-state index contributed by atoms with van der Waals surface area (Å²) >= 11 is 0. The fourth-order valence-corrected chi connectivity index (χ4v) is 1.90. The van der Waals surface area contributed by atoms with Crippen molar-refractivity contribution >= 4 is 5.97 Å². The van der Waals surface area contributed by atoms with Crippen LogP contribution in [0.4, 0.5) is 0 Å². The highest BCUT2D eigenvalue weighted by Gasteiger charge is 2.23. The Morgan fingerprint density at radius 2 is 1.94 bits per heavy atom. The standard InChI is InChI=1S/C14H30N2O2/c1-6-10-15-13(14(17)18-9-4)11-16(8-3)12(5)7-2/h12-13,15H,6-11H2,1-5H3. The number of hydrogen-bond donors (Lipinski definition) is 1.